The van der Waals surface area contributed by atoms with Crippen molar-refractivity contribution < 1.29 is 0 Å². The van der Waals surface area contributed by atoms with E-state index in [1.807, 2.05) is 0 Å². The highest BCUT2D eigenvalue weighted by Gasteiger charge is 1.82. The highest BCUT2D eigenvalue weighted by Crippen LogP contribution is 1.57. The van der Waals surface area contributed by atoms with Gasteiger partial charge in [0.25, 0.3) is 0 Å². The summed E-state index contributed by atoms with van der Waals surface area (Å²) >= 11 is 0.620. The van der Waals surface area contributed by atoms with Crippen LogP contribution in [0.2, 0.25) is 0 Å². The molecule has 0 bridgehead atoms. The number of aromatic nitrogens is 2. The third-order valence-corrected chi connectivity index (χ3v) is 1.03. The molecule has 0 fully saturated rings. The molecule has 0 saturated heterocycles. The average molecular weight is 118 g/mol. The number of H-pyrrole nitrogens is 2. The molecule has 0 spiro atoms. The molecule has 2 N–H and O–H groups in total. The van der Waals surface area contributed by atoms with Gasteiger partial charge in [0.15, 0.2) is 0 Å². The summed E-state index contributed by atoms with van der Waals surface area (Å²) < 4.78 is 0. The van der Waals surface area contributed by atoms with Gasteiger partial charge in [-0.25, -0.2) is 0 Å². The molecule has 0 saturated carbocycles. The molecular weight excluding hydrogens is 116 g/mol. The fourth-order valence-electron chi connectivity index (χ4n) is 0.237. The topological polar surface area (TPSA) is 65.7 Å². The summed E-state index contributed by atoms with van der Waals surface area (Å²) in [4.78, 5) is 19.4. The number of aromatic amines is 2. The fraction of sp³-hybridized carbons (Fsp3) is 0. The van der Waals surface area contributed by atoms with Crippen molar-refractivity contribution in [3.05, 3.63) is 19.3 Å². The van der Waals surface area contributed by atoms with Gasteiger partial charge >= 0.3 is 9.75 Å². The second kappa shape index (κ2) is 1.34. The first-order valence-electron chi connectivity index (χ1n) is 1.57. The van der Waals surface area contributed by atoms with Crippen molar-refractivity contribution in [2.45, 2.75) is 0 Å². The Hall–Kier alpha value is -0.840. The number of hydrogen-bond donors (Lipinski definition) is 2. The molecule has 1 rings (SSSR count). The highest BCUT2D eigenvalue weighted by molar-refractivity contribution is 7.06. The molecule has 0 atom stereocenters. The SMILES string of the molecule is O=c1[nH][nH]c(=O)s1. The van der Waals surface area contributed by atoms with Gasteiger partial charge in [-0.05, 0) is 11.3 Å². The van der Waals surface area contributed by atoms with Crippen molar-refractivity contribution in [1.82, 2.24) is 10.2 Å². The van der Waals surface area contributed by atoms with E-state index in [9.17, 15) is 9.59 Å². The number of hydrogen-bond acceptors (Lipinski definition) is 3. The van der Waals surface area contributed by atoms with Gasteiger partial charge in [-0.15, -0.1) is 0 Å². The zero-order valence-electron chi connectivity index (χ0n) is 3.22. The maximum Gasteiger partial charge on any atom is 0.323 e. The average Bonchev–Trinajstić information content (AvgIpc) is 1.87. The standard InChI is InChI=1S/C2H2N2O2S/c5-1-3-4-2(6)7-1/h(H,3,5)(H,4,6). The monoisotopic (exact) mass is 118 g/mol. The molecule has 0 aromatic carbocycles. The minimum absolute atomic E-state index is 0.343. The van der Waals surface area contributed by atoms with Crippen molar-refractivity contribution in [2.24, 2.45) is 0 Å². The Bertz CT molecular complexity index is 218. The van der Waals surface area contributed by atoms with E-state index in [-0.39, 0.29) is 9.75 Å². The molecule has 1 aromatic heterocycles. The van der Waals surface area contributed by atoms with Crippen LogP contribution in [0.5, 0.6) is 0 Å². The van der Waals surface area contributed by atoms with Gasteiger partial charge < -0.3 is 0 Å². The first-order valence-corrected chi connectivity index (χ1v) is 2.38. The van der Waals surface area contributed by atoms with Crippen LogP contribution in [-0.4, -0.2) is 10.2 Å². The molecule has 1 heterocycles. The van der Waals surface area contributed by atoms with E-state index in [1.54, 1.807) is 0 Å². The Kier molecular flexibility index (Phi) is 0.828. The van der Waals surface area contributed by atoms with Crippen LogP contribution >= 0.6 is 11.3 Å². The first kappa shape index (κ1) is 4.32. The van der Waals surface area contributed by atoms with Gasteiger partial charge in [-0.2, -0.15) is 0 Å². The maximum absolute atomic E-state index is 10.0. The minimum atomic E-state index is -0.343. The molecule has 4 nitrogen and oxygen atoms in total. The first-order chi connectivity index (χ1) is 3.29. The molecule has 1 aromatic rings. The third kappa shape index (κ3) is 0.774. The maximum atomic E-state index is 10.0. The molecule has 0 aliphatic rings. The second-order valence-corrected chi connectivity index (χ2v) is 1.87. The normalized spacial score (nSPS) is 9.14. The zero-order chi connectivity index (χ0) is 5.28. The van der Waals surface area contributed by atoms with E-state index >= 15 is 0 Å². The van der Waals surface area contributed by atoms with Crippen molar-refractivity contribution in [2.75, 3.05) is 0 Å². The van der Waals surface area contributed by atoms with Gasteiger partial charge in [0.2, 0.25) is 0 Å². The van der Waals surface area contributed by atoms with E-state index < -0.39 is 0 Å². The molecule has 0 unspecified atom stereocenters. The Labute approximate surface area is 41.8 Å². The predicted molar refractivity (Wildman–Crippen MR) is 25.6 cm³/mol. The smallest absolute Gasteiger partial charge is 0.255 e. The van der Waals surface area contributed by atoms with E-state index in [4.69, 9.17) is 0 Å². The van der Waals surface area contributed by atoms with Crippen molar-refractivity contribution in [3.8, 4) is 0 Å². The van der Waals surface area contributed by atoms with Gasteiger partial charge in [-0.3, -0.25) is 19.8 Å². The van der Waals surface area contributed by atoms with Gasteiger partial charge in [0.05, 0.1) is 0 Å². The molecule has 0 amide bonds. The van der Waals surface area contributed by atoms with Gasteiger partial charge in [-0.1, -0.05) is 0 Å². The lowest BCUT2D eigenvalue weighted by Crippen LogP contribution is -1.92. The zero-order valence-corrected chi connectivity index (χ0v) is 4.04. The summed E-state index contributed by atoms with van der Waals surface area (Å²) in [6.45, 7) is 0. The largest absolute Gasteiger partial charge is 0.323 e. The summed E-state index contributed by atoms with van der Waals surface area (Å²) in [5.41, 5.74) is 0. The predicted octanol–water partition coefficient (Wildman–Crippen LogP) is -0.875. The molecule has 5 heteroatoms. The molecule has 38 valence electrons. The van der Waals surface area contributed by atoms with Crippen molar-refractivity contribution in [1.29, 1.82) is 0 Å². The quantitative estimate of drug-likeness (QED) is 0.464. The lowest BCUT2D eigenvalue weighted by molar-refractivity contribution is 1.03. The van der Waals surface area contributed by atoms with Crippen LogP contribution in [0.1, 0.15) is 0 Å². The van der Waals surface area contributed by atoms with Crippen LogP contribution in [0.4, 0.5) is 0 Å². The Balaban J connectivity index is 3.59. The van der Waals surface area contributed by atoms with Crippen molar-refractivity contribution in [3.63, 3.8) is 0 Å². The summed E-state index contributed by atoms with van der Waals surface area (Å²) in [7, 11) is 0. The Morgan fingerprint density at radius 3 is 1.71 bits per heavy atom. The molecule has 0 aliphatic carbocycles. The second-order valence-electron chi connectivity index (χ2n) is 0.927. The Morgan fingerprint density at radius 2 is 1.57 bits per heavy atom. The van der Waals surface area contributed by atoms with Crippen LogP contribution in [0.3, 0.4) is 0 Å². The van der Waals surface area contributed by atoms with E-state index in [2.05, 4.69) is 10.2 Å². The van der Waals surface area contributed by atoms with E-state index in [1.165, 1.54) is 0 Å². The van der Waals surface area contributed by atoms with Gasteiger partial charge in [0, 0.05) is 0 Å². The molecular formula is C2H2N2O2S. The van der Waals surface area contributed by atoms with E-state index in [0.29, 0.717) is 11.3 Å². The lowest BCUT2D eigenvalue weighted by atomic mass is 11.5. The number of rotatable bonds is 0. The van der Waals surface area contributed by atoms with Crippen LogP contribution in [0.15, 0.2) is 9.59 Å². The fourth-order valence-corrected chi connectivity index (χ4v) is 0.610. The summed E-state index contributed by atoms with van der Waals surface area (Å²) in [5.74, 6) is 0. The summed E-state index contributed by atoms with van der Waals surface area (Å²) in [6.07, 6.45) is 0. The minimum Gasteiger partial charge on any atom is -0.255 e. The van der Waals surface area contributed by atoms with E-state index in [0.717, 1.165) is 0 Å². The van der Waals surface area contributed by atoms with Crippen LogP contribution < -0.4 is 9.75 Å². The van der Waals surface area contributed by atoms with Crippen LogP contribution in [-0.2, 0) is 0 Å². The number of nitrogens with one attached hydrogen (secondary N) is 2. The molecule has 0 aliphatic heterocycles. The van der Waals surface area contributed by atoms with Crippen LogP contribution in [0, 0.1) is 0 Å². The summed E-state index contributed by atoms with van der Waals surface area (Å²) in [6, 6.07) is 0. The summed E-state index contributed by atoms with van der Waals surface area (Å²) in [5, 5.41) is 4.19. The Morgan fingerprint density at radius 1 is 1.14 bits per heavy atom. The highest BCUT2D eigenvalue weighted by atomic mass is 32.1. The molecule has 0 radical (unpaired) electrons. The molecule has 7 heavy (non-hydrogen) atoms. The lowest BCUT2D eigenvalue weighted by Gasteiger charge is -1.53. The van der Waals surface area contributed by atoms with Crippen molar-refractivity contribution >= 4 is 11.3 Å². The van der Waals surface area contributed by atoms with Crippen LogP contribution in [0.25, 0.3) is 0 Å². The van der Waals surface area contributed by atoms with Gasteiger partial charge in [0.1, 0.15) is 0 Å². The third-order valence-electron chi connectivity index (χ3n) is 0.452.